The first kappa shape index (κ1) is 10.4. The predicted octanol–water partition coefficient (Wildman–Crippen LogP) is 1.26. The van der Waals surface area contributed by atoms with E-state index in [0.717, 1.165) is 0 Å². The molecule has 0 saturated carbocycles. The van der Waals surface area contributed by atoms with Gasteiger partial charge in [0.25, 0.3) is 0 Å². The number of rotatable bonds is 2. The summed E-state index contributed by atoms with van der Waals surface area (Å²) >= 11 is 0. The van der Waals surface area contributed by atoms with Gasteiger partial charge in [0.1, 0.15) is 0 Å². The van der Waals surface area contributed by atoms with Crippen molar-refractivity contribution in [2.24, 2.45) is 0 Å². The molecule has 0 aromatic heterocycles. The van der Waals surface area contributed by atoms with Gasteiger partial charge in [-0.3, -0.25) is 4.79 Å². The molecule has 2 N–H and O–H groups in total. The smallest absolute Gasteiger partial charge is 0.310 e. The van der Waals surface area contributed by atoms with Crippen molar-refractivity contribution in [2.75, 3.05) is 12.8 Å². The van der Waals surface area contributed by atoms with Gasteiger partial charge in [-0.25, -0.2) is 8.78 Å². The van der Waals surface area contributed by atoms with Gasteiger partial charge < -0.3 is 10.5 Å². The number of nitrogen functional groups attached to an aromatic ring is 1. The lowest BCUT2D eigenvalue weighted by molar-refractivity contribution is -0.139. The van der Waals surface area contributed by atoms with E-state index in [-0.39, 0.29) is 17.7 Å². The molecule has 0 unspecified atom stereocenters. The van der Waals surface area contributed by atoms with E-state index >= 15 is 0 Å². The number of ether oxygens (including phenoxy) is 1. The van der Waals surface area contributed by atoms with Crippen molar-refractivity contribution in [1.82, 2.24) is 0 Å². The summed E-state index contributed by atoms with van der Waals surface area (Å²) in [5, 5.41) is 0. The quantitative estimate of drug-likeness (QED) is 0.579. The summed E-state index contributed by atoms with van der Waals surface area (Å²) in [6, 6.07) is 2.46. The van der Waals surface area contributed by atoms with Crippen LogP contribution in [0.2, 0.25) is 0 Å². The molecule has 0 aliphatic heterocycles. The largest absolute Gasteiger partial charge is 0.469 e. The van der Waals surface area contributed by atoms with Crippen LogP contribution in [-0.4, -0.2) is 13.1 Å². The fraction of sp³-hybridized carbons (Fsp3) is 0.222. The number of hydrogen-bond donors (Lipinski definition) is 1. The number of esters is 1. The molecule has 0 heterocycles. The number of benzene rings is 1. The molecular weight excluding hydrogens is 192 g/mol. The monoisotopic (exact) mass is 201 g/mol. The highest BCUT2D eigenvalue weighted by atomic mass is 19.2. The zero-order valence-corrected chi connectivity index (χ0v) is 7.51. The Bertz CT molecular complexity index is 366. The molecule has 0 spiro atoms. The Balaban J connectivity index is 3.00. The molecule has 14 heavy (non-hydrogen) atoms. The summed E-state index contributed by atoms with van der Waals surface area (Å²) in [5.74, 6) is -2.87. The molecule has 0 aliphatic rings. The molecule has 5 heteroatoms. The first-order valence-corrected chi connectivity index (χ1v) is 3.85. The van der Waals surface area contributed by atoms with E-state index in [9.17, 15) is 13.6 Å². The van der Waals surface area contributed by atoms with E-state index in [1.165, 1.54) is 19.2 Å². The van der Waals surface area contributed by atoms with E-state index in [2.05, 4.69) is 4.74 Å². The van der Waals surface area contributed by atoms with Crippen LogP contribution in [0.5, 0.6) is 0 Å². The standard InChI is InChI=1S/C9H9F2NO2/c1-14-7(13)4-5-2-3-6(12)9(11)8(5)10/h2-3H,4,12H2,1H3. The molecule has 0 saturated heterocycles. The van der Waals surface area contributed by atoms with Crippen LogP contribution >= 0.6 is 0 Å². The SMILES string of the molecule is COC(=O)Cc1ccc(N)c(F)c1F. The summed E-state index contributed by atoms with van der Waals surface area (Å²) in [6.07, 6.45) is -0.306. The topological polar surface area (TPSA) is 52.3 Å². The summed E-state index contributed by atoms with van der Waals surface area (Å²) in [4.78, 5) is 10.8. The third kappa shape index (κ3) is 1.99. The van der Waals surface area contributed by atoms with Crippen LogP contribution in [-0.2, 0) is 16.0 Å². The van der Waals surface area contributed by atoms with Crippen molar-refractivity contribution >= 4 is 11.7 Å². The van der Waals surface area contributed by atoms with Gasteiger partial charge in [0.05, 0.1) is 19.2 Å². The van der Waals surface area contributed by atoms with Crippen LogP contribution in [0.3, 0.4) is 0 Å². The van der Waals surface area contributed by atoms with E-state index in [1.807, 2.05) is 0 Å². The van der Waals surface area contributed by atoms with Crippen molar-refractivity contribution in [3.63, 3.8) is 0 Å². The first-order valence-electron chi connectivity index (χ1n) is 3.85. The Morgan fingerprint density at radius 2 is 2.07 bits per heavy atom. The van der Waals surface area contributed by atoms with Gasteiger partial charge in [0.2, 0.25) is 0 Å². The van der Waals surface area contributed by atoms with Gasteiger partial charge in [-0.15, -0.1) is 0 Å². The molecule has 0 bridgehead atoms. The van der Waals surface area contributed by atoms with Gasteiger partial charge in [-0.05, 0) is 6.07 Å². The highest BCUT2D eigenvalue weighted by Crippen LogP contribution is 2.18. The minimum absolute atomic E-state index is 0.0662. The minimum atomic E-state index is -1.13. The normalized spacial score (nSPS) is 9.93. The Labute approximate surface area is 79.5 Å². The summed E-state index contributed by atoms with van der Waals surface area (Å²) < 4.78 is 30.3. The first-order chi connectivity index (χ1) is 6.56. The molecule has 76 valence electrons. The molecule has 1 aromatic rings. The molecule has 0 aliphatic carbocycles. The van der Waals surface area contributed by atoms with E-state index in [4.69, 9.17) is 5.73 Å². The number of anilines is 1. The fourth-order valence-electron chi connectivity index (χ4n) is 0.969. The maximum Gasteiger partial charge on any atom is 0.310 e. The maximum atomic E-state index is 13.1. The van der Waals surface area contributed by atoms with Crippen LogP contribution in [0.25, 0.3) is 0 Å². The van der Waals surface area contributed by atoms with Crippen molar-refractivity contribution in [2.45, 2.75) is 6.42 Å². The molecule has 0 atom stereocenters. The van der Waals surface area contributed by atoms with Crippen LogP contribution in [0, 0.1) is 11.6 Å². The van der Waals surface area contributed by atoms with Crippen LogP contribution in [0.15, 0.2) is 12.1 Å². The molecule has 0 fully saturated rings. The lowest BCUT2D eigenvalue weighted by atomic mass is 10.1. The number of nitrogens with two attached hydrogens (primary N) is 1. The maximum absolute atomic E-state index is 13.1. The second-order valence-corrected chi connectivity index (χ2v) is 2.69. The van der Waals surface area contributed by atoms with Gasteiger partial charge in [-0.2, -0.15) is 0 Å². The fourth-order valence-corrected chi connectivity index (χ4v) is 0.969. The Morgan fingerprint density at radius 3 is 2.64 bits per heavy atom. The Hall–Kier alpha value is -1.65. The predicted molar refractivity (Wildman–Crippen MR) is 46.5 cm³/mol. The summed E-state index contributed by atoms with van der Waals surface area (Å²) in [5.41, 5.74) is 4.77. The third-order valence-corrected chi connectivity index (χ3v) is 1.75. The van der Waals surface area contributed by atoms with Gasteiger partial charge >= 0.3 is 5.97 Å². The average molecular weight is 201 g/mol. The Morgan fingerprint density at radius 1 is 1.43 bits per heavy atom. The number of methoxy groups -OCH3 is 1. The van der Waals surface area contributed by atoms with E-state index in [1.54, 1.807) is 0 Å². The van der Waals surface area contributed by atoms with Gasteiger partial charge in [-0.1, -0.05) is 6.07 Å². The summed E-state index contributed by atoms with van der Waals surface area (Å²) in [6.45, 7) is 0. The molecular formula is C9H9F2NO2. The van der Waals surface area contributed by atoms with E-state index < -0.39 is 17.6 Å². The van der Waals surface area contributed by atoms with Crippen LogP contribution in [0.1, 0.15) is 5.56 Å². The van der Waals surface area contributed by atoms with Crippen LogP contribution in [0.4, 0.5) is 14.5 Å². The lowest BCUT2D eigenvalue weighted by Crippen LogP contribution is -2.08. The average Bonchev–Trinajstić information content (AvgIpc) is 2.19. The number of hydrogen-bond acceptors (Lipinski definition) is 3. The van der Waals surface area contributed by atoms with Crippen molar-refractivity contribution in [1.29, 1.82) is 0 Å². The molecule has 1 aromatic carbocycles. The molecule has 1 rings (SSSR count). The van der Waals surface area contributed by atoms with Crippen molar-refractivity contribution < 1.29 is 18.3 Å². The highest BCUT2D eigenvalue weighted by Gasteiger charge is 2.14. The third-order valence-electron chi connectivity index (χ3n) is 1.75. The summed E-state index contributed by atoms with van der Waals surface area (Å²) in [7, 11) is 1.17. The van der Waals surface area contributed by atoms with Crippen molar-refractivity contribution in [3.05, 3.63) is 29.3 Å². The van der Waals surface area contributed by atoms with Crippen LogP contribution < -0.4 is 5.73 Å². The Kier molecular flexibility index (Phi) is 3.01. The van der Waals surface area contributed by atoms with Gasteiger partial charge in [0, 0.05) is 5.56 Å². The number of carbonyl (C=O) groups excluding carboxylic acids is 1. The lowest BCUT2D eigenvalue weighted by Gasteiger charge is -2.04. The molecule has 0 amide bonds. The van der Waals surface area contributed by atoms with E-state index in [0.29, 0.717) is 0 Å². The second-order valence-electron chi connectivity index (χ2n) is 2.69. The minimum Gasteiger partial charge on any atom is -0.469 e. The van der Waals surface area contributed by atoms with Crippen molar-refractivity contribution in [3.8, 4) is 0 Å². The molecule has 0 radical (unpaired) electrons. The van der Waals surface area contributed by atoms with Gasteiger partial charge in [0.15, 0.2) is 11.6 Å². The number of halogens is 2. The highest BCUT2D eigenvalue weighted by molar-refractivity contribution is 5.72. The zero-order chi connectivity index (χ0) is 10.7. The zero-order valence-electron chi connectivity index (χ0n) is 7.51. The number of carbonyl (C=O) groups is 1. The molecule has 3 nitrogen and oxygen atoms in total. The second kappa shape index (κ2) is 4.04.